The first-order valence-electron chi connectivity index (χ1n) is 15.0. The number of sulfonamides is 1. The van der Waals surface area contributed by atoms with Gasteiger partial charge in [0.15, 0.2) is 0 Å². The molecule has 0 N–H and O–H groups in total. The van der Waals surface area contributed by atoms with Crippen molar-refractivity contribution in [2.45, 2.75) is 40.0 Å². The molecule has 0 aliphatic carbocycles. The van der Waals surface area contributed by atoms with E-state index in [-0.39, 0.29) is 17.7 Å². The lowest BCUT2D eigenvalue weighted by molar-refractivity contribution is -0.123. The molecule has 0 spiro atoms. The van der Waals surface area contributed by atoms with Crippen molar-refractivity contribution in [1.29, 1.82) is 0 Å². The van der Waals surface area contributed by atoms with Crippen LogP contribution in [-0.4, -0.2) is 93.0 Å². The highest BCUT2D eigenvalue weighted by Crippen LogP contribution is 2.33. The topological polar surface area (TPSA) is 81.2 Å². The van der Waals surface area contributed by atoms with Crippen molar-refractivity contribution in [3.05, 3.63) is 63.7 Å². The van der Waals surface area contributed by atoms with Gasteiger partial charge in [-0.25, -0.2) is 12.7 Å². The van der Waals surface area contributed by atoms with Crippen molar-refractivity contribution in [3.63, 3.8) is 0 Å². The van der Waals surface area contributed by atoms with Gasteiger partial charge in [-0.2, -0.15) is 0 Å². The SMILES string of the molecule is Cc1ccc(N(CCCN2CC3CN(C(=O)c4c(C)cccc4C)CC3C2)C(=O)C2CCN(S(C)(=O)=O)CC2)cc1Cl. The number of fused-ring (bicyclic) bond motifs is 1. The van der Waals surface area contributed by atoms with Gasteiger partial charge in [0, 0.05) is 68.0 Å². The standard InChI is InChI=1S/C32H43ClN4O4S/c1-22-9-10-28(17-29(22)33)37(31(38)25-11-15-36(16-12-25)42(4,40)41)14-6-13-34-18-26-20-35(21-27(26)19-34)32(39)30-23(2)7-5-8-24(30)3/h5,7-10,17,25-27H,6,11-16,18-21H2,1-4H3. The van der Waals surface area contributed by atoms with E-state index in [2.05, 4.69) is 4.90 Å². The summed E-state index contributed by atoms with van der Waals surface area (Å²) in [6.45, 7) is 11.7. The molecule has 8 nitrogen and oxygen atoms in total. The number of likely N-dealkylation sites (tertiary alicyclic amines) is 2. The zero-order chi connectivity index (χ0) is 30.2. The third kappa shape index (κ3) is 6.69. The molecule has 0 radical (unpaired) electrons. The summed E-state index contributed by atoms with van der Waals surface area (Å²) in [6, 6.07) is 11.8. The van der Waals surface area contributed by atoms with Crippen LogP contribution in [0, 0.1) is 38.5 Å². The molecule has 0 saturated carbocycles. The van der Waals surface area contributed by atoms with Gasteiger partial charge in [-0.05, 0) is 87.2 Å². The van der Waals surface area contributed by atoms with Crippen LogP contribution in [0.2, 0.25) is 5.02 Å². The molecule has 0 bridgehead atoms. The Morgan fingerprint density at radius 2 is 1.55 bits per heavy atom. The number of nitrogens with zero attached hydrogens (tertiary/aromatic N) is 4. The zero-order valence-corrected chi connectivity index (χ0v) is 26.8. The molecular formula is C32H43ClN4O4S. The number of anilines is 1. The van der Waals surface area contributed by atoms with Crippen LogP contribution in [0.4, 0.5) is 5.69 Å². The Morgan fingerprint density at radius 3 is 2.12 bits per heavy atom. The van der Waals surface area contributed by atoms with Gasteiger partial charge in [-0.15, -0.1) is 0 Å². The summed E-state index contributed by atoms with van der Waals surface area (Å²) >= 11 is 6.45. The first-order chi connectivity index (χ1) is 19.9. The fourth-order valence-corrected chi connectivity index (χ4v) is 8.02. The van der Waals surface area contributed by atoms with Crippen molar-refractivity contribution in [3.8, 4) is 0 Å². The number of piperidine rings is 1. The van der Waals surface area contributed by atoms with Crippen molar-refractivity contribution in [2.75, 3.05) is 63.5 Å². The van der Waals surface area contributed by atoms with Gasteiger partial charge < -0.3 is 14.7 Å². The molecule has 228 valence electrons. The molecule has 42 heavy (non-hydrogen) atoms. The highest BCUT2D eigenvalue weighted by molar-refractivity contribution is 7.88. The quantitative estimate of drug-likeness (QED) is 0.441. The van der Waals surface area contributed by atoms with Crippen LogP contribution in [0.15, 0.2) is 36.4 Å². The maximum absolute atomic E-state index is 13.8. The van der Waals surface area contributed by atoms with Gasteiger partial charge in [0.2, 0.25) is 15.9 Å². The minimum atomic E-state index is -3.25. The van der Waals surface area contributed by atoms with Gasteiger partial charge in [0.1, 0.15) is 0 Å². The second kappa shape index (κ2) is 12.6. The third-order valence-corrected chi connectivity index (χ3v) is 11.1. The molecule has 10 heteroatoms. The molecule has 2 aromatic carbocycles. The fourth-order valence-electron chi connectivity index (χ4n) is 6.97. The summed E-state index contributed by atoms with van der Waals surface area (Å²) in [7, 11) is -3.25. The molecule has 2 aromatic rings. The Labute approximate surface area is 255 Å². The van der Waals surface area contributed by atoms with Gasteiger partial charge in [0.05, 0.1) is 6.26 Å². The predicted molar refractivity (Wildman–Crippen MR) is 168 cm³/mol. The maximum atomic E-state index is 13.8. The summed E-state index contributed by atoms with van der Waals surface area (Å²) in [4.78, 5) is 33.5. The molecule has 3 saturated heterocycles. The predicted octanol–water partition coefficient (Wildman–Crippen LogP) is 4.36. The highest BCUT2D eigenvalue weighted by Gasteiger charge is 2.42. The number of carbonyl (C=O) groups is 2. The minimum absolute atomic E-state index is 0.0435. The van der Waals surface area contributed by atoms with E-state index >= 15 is 0 Å². The van der Waals surface area contributed by atoms with E-state index in [9.17, 15) is 18.0 Å². The first-order valence-corrected chi connectivity index (χ1v) is 17.3. The first kappa shape index (κ1) is 31.0. The van der Waals surface area contributed by atoms with Crippen molar-refractivity contribution in [2.24, 2.45) is 17.8 Å². The zero-order valence-electron chi connectivity index (χ0n) is 25.2. The number of halogens is 1. The van der Waals surface area contributed by atoms with Crippen LogP contribution in [0.5, 0.6) is 0 Å². The largest absolute Gasteiger partial charge is 0.338 e. The fraction of sp³-hybridized carbons (Fsp3) is 0.562. The lowest BCUT2D eigenvalue weighted by Crippen LogP contribution is -2.45. The Kier molecular flexibility index (Phi) is 9.33. The molecule has 3 aliphatic heterocycles. The number of hydrogen-bond donors (Lipinski definition) is 0. The van der Waals surface area contributed by atoms with Crippen molar-refractivity contribution >= 4 is 39.1 Å². The summed E-state index contributed by atoms with van der Waals surface area (Å²) in [6.07, 6.45) is 3.09. The summed E-state index contributed by atoms with van der Waals surface area (Å²) in [5.41, 5.74) is 4.67. The average molecular weight is 615 g/mol. The van der Waals surface area contributed by atoms with Crippen molar-refractivity contribution < 1.29 is 18.0 Å². The van der Waals surface area contributed by atoms with E-state index in [0.29, 0.717) is 49.3 Å². The highest BCUT2D eigenvalue weighted by atomic mass is 35.5. The number of hydrogen-bond acceptors (Lipinski definition) is 5. The minimum Gasteiger partial charge on any atom is -0.338 e. The van der Waals surface area contributed by atoms with Crippen molar-refractivity contribution in [1.82, 2.24) is 14.1 Å². The molecule has 2 amide bonds. The van der Waals surface area contributed by atoms with E-state index in [1.807, 2.05) is 67.0 Å². The van der Waals surface area contributed by atoms with Crippen LogP contribution < -0.4 is 4.90 Å². The molecule has 2 unspecified atom stereocenters. The van der Waals surface area contributed by atoms with Gasteiger partial charge in [-0.3, -0.25) is 9.59 Å². The third-order valence-electron chi connectivity index (χ3n) is 9.41. The molecular weight excluding hydrogens is 572 g/mol. The molecule has 2 atom stereocenters. The lowest BCUT2D eigenvalue weighted by atomic mass is 9.96. The van der Waals surface area contributed by atoms with E-state index in [0.717, 1.165) is 67.1 Å². The maximum Gasteiger partial charge on any atom is 0.254 e. The molecule has 0 aromatic heterocycles. The Morgan fingerprint density at radius 1 is 0.929 bits per heavy atom. The summed E-state index contributed by atoms with van der Waals surface area (Å²) in [5.74, 6) is 0.940. The average Bonchev–Trinajstić information content (AvgIpc) is 3.51. The number of rotatable bonds is 8. The molecule has 3 aliphatic rings. The number of amides is 2. The van der Waals surface area contributed by atoms with Gasteiger partial charge in [-0.1, -0.05) is 35.9 Å². The number of carbonyl (C=O) groups excluding carboxylic acids is 2. The van der Waals surface area contributed by atoms with Gasteiger partial charge >= 0.3 is 0 Å². The Bertz CT molecular complexity index is 1410. The van der Waals surface area contributed by atoms with Gasteiger partial charge in [0.25, 0.3) is 5.91 Å². The molecule has 5 rings (SSSR count). The number of aryl methyl sites for hydroxylation is 3. The van der Waals surface area contributed by atoms with Crippen LogP contribution in [0.25, 0.3) is 0 Å². The molecule has 3 heterocycles. The van der Waals surface area contributed by atoms with E-state index in [1.54, 1.807) is 0 Å². The lowest BCUT2D eigenvalue weighted by Gasteiger charge is -2.33. The molecule has 3 fully saturated rings. The van der Waals surface area contributed by atoms with E-state index in [4.69, 9.17) is 11.6 Å². The second-order valence-electron chi connectivity index (χ2n) is 12.5. The summed E-state index contributed by atoms with van der Waals surface area (Å²) < 4.78 is 25.4. The second-order valence-corrected chi connectivity index (χ2v) is 14.9. The normalized spacial score (nSPS) is 22.0. The Hall–Kier alpha value is -2.46. The van der Waals surface area contributed by atoms with Crippen LogP contribution >= 0.6 is 11.6 Å². The van der Waals surface area contributed by atoms with Crippen LogP contribution in [0.3, 0.4) is 0 Å². The monoisotopic (exact) mass is 614 g/mol. The van der Waals surface area contributed by atoms with Crippen LogP contribution in [0.1, 0.15) is 46.3 Å². The van der Waals surface area contributed by atoms with E-state index < -0.39 is 10.0 Å². The smallest absolute Gasteiger partial charge is 0.254 e. The number of benzene rings is 2. The van der Waals surface area contributed by atoms with Crippen LogP contribution in [-0.2, 0) is 14.8 Å². The Balaban J connectivity index is 1.18. The van der Waals surface area contributed by atoms with E-state index in [1.165, 1.54) is 10.6 Å². The summed E-state index contributed by atoms with van der Waals surface area (Å²) in [5, 5.41) is 0.629.